The number of nitrogens with one attached hydrogen (secondary N) is 1. The van der Waals surface area contributed by atoms with Crippen molar-refractivity contribution in [3.05, 3.63) is 172 Å². The Morgan fingerprint density at radius 3 is 1.80 bits per heavy atom. The number of anilines is 1. The van der Waals surface area contributed by atoms with Gasteiger partial charge in [-0.05, 0) is 29.3 Å². The number of fused-ring (bicyclic) bond motifs is 2. The minimum Gasteiger partial charge on any atom is -0.360 e. The molecule has 1 N–H and O–H groups in total. The first-order chi connectivity index (χ1) is 21.9. The van der Waals surface area contributed by atoms with Crippen molar-refractivity contribution in [2.45, 2.75) is 18.0 Å². The molecule has 1 amide bonds. The van der Waals surface area contributed by atoms with E-state index in [2.05, 4.69) is 5.32 Å². The molecule has 0 saturated carbocycles. The second-order valence-corrected chi connectivity index (χ2v) is 12.2. The van der Waals surface area contributed by atoms with Crippen LogP contribution in [-0.4, -0.2) is 22.5 Å². The van der Waals surface area contributed by atoms with Gasteiger partial charge < -0.3 is 10.2 Å². The third kappa shape index (κ3) is 4.36. The molecule has 45 heavy (non-hydrogen) atoms. The number of nitrogens with zero attached hydrogens (tertiary/aromatic N) is 1. The molecule has 220 valence electrons. The quantitative estimate of drug-likeness (QED) is 0.115. The predicted octanol–water partition coefficient (Wildman–Crippen LogP) is 7.55. The summed E-state index contributed by atoms with van der Waals surface area (Å²) in [5, 5.41) is 3.86. The Bertz CT molecular complexity index is 1900. The predicted molar refractivity (Wildman–Crippen MR) is 180 cm³/mol. The maximum atomic E-state index is 15.1. The average molecular weight is 627 g/mol. The molecule has 1 saturated heterocycles. The Labute approximate surface area is 271 Å². The van der Waals surface area contributed by atoms with Gasteiger partial charge in [-0.3, -0.25) is 14.4 Å². The van der Waals surface area contributed by atoms with Gasteiger partial charge in [0.05, 0.1) is 17.2 Å². The summed E-state index contributed by atoms with van der Waals surface area (Å²) >= 11 is 12.5. The van der Waals surface area contributed by atoms with E-state index in [0.29, 0.717) is 39.5 Å². The SMILES string of the molecule is O=C(c1ccccc1)C1(C(=O)c2ccccc2)C(=S)NC2(C(=O)N(Cc3ccccc3)c3ccccc32)C1c1ccc(Cl)cc1. The van der Waals surface area contributed by atoms with Crippen LogP contribution in [-0.2, 0) is 16.9 Å². The van der Waals surface area contributed by atoms with E-state index in [1.54, 1.807) is 77.7 Å². The fourth-order valence-corrected chi connectivity index (χ4v) is 7.56. The summed E-state index contributed by atoms with van der Waals surface area (Å²) in [6.45, 7) is 0.298. The number of hydrogen-bond donors (Lipinski definition) is 1. The van der Waals surface area contributed by atoms with Gasteiger partial charge >= 0.3 is 0 Å². The van der Waals surface area contributed by atoms with E-state index >= 15 is 14.4 Å². The largest absolute Gasteiger partial charge is 0.360 e. The van der Waals surface area contributed by atoms with Crippen LogP contribution in [0.4, 0.5) is 5.69 Å². The number of ketones is 2. The lowest BCUT2D eigenvalue weighted by atomic mass is 9.59. The number of thiocarbonyl (C=S) groups is 1. The van der Waals surface area contributed by atoms with Crippen molar-refractivity contribution < 1.29 is 14.4 Å². The number of carbonyl (C=O) groups is 3. The summed E-state index contributed by atoms with van der Waals surface area (Å²) in [6.07, 6.45) is 0. The molecule has 0 bridgehead atoms. The lowest BCUT2D eigenvalue weighted by molar-refractivity contribution is -0.124. The van der Waals surface area contributed by atoms with Gasteiger partial charge in [-0.25, -0.2) is 0 Å². The highest BCUT2D eigenvalue weighted by atomic mass is 35.5. The Morgan fingerprint density at radius 2 is 1.22 bits per heavy atom. The molecule has 7 heteroatoms. The van der Waals surface area contributed by atoms with Crippen LogP contribution in [0.1, 0.15) is 43.3 Å². The summed E-state index contributed by atoms with van der Waals surface area (Å²) in [4.78, 5) is 47.0. The molecule has 2 heterocycles. The third-order valence-electron chi connectivity index (χ3n) is 8.91. The van der Waals surface area contributed by atoms with Crippen molar-refractivity contribution in [1.29, 1.82) is 0 Å². The molecule has 2 unspecified atom stereocenters. The number of halogens is 1. The molecule has 0 aliphatic carbocycles. The first-order valence-corrected chi connectivity index (χ1v) is 15.4. The Morgan fingerprint density at radius 1 is 0.711 bits per heavy atom. The Balaban J connectivity index is 1.53. The van der Waals surface area contributed by atoms with Crippen LogP contribution in [0, 0.1) is 5.41 Å². The number of hydrogen-bond acceptors (Lipinski definition) is 4. The topological polar surface area (TPSA) is 66.5 Å². The maximum Gasteiger partial charge on any atom is 0.258 e. The number of para-hydroxylation sites is 1. The smallest absolute Gasteiger partial charge is 0.258 e. The molecule has 1 fully saturated rings. The van der Waals surface area contributed by atoms with E-state index in [-0.39, 0.29) is 10.9 Å². The molecule has 5 aromatic rings. The van der Waals surface area contributed by atoms with Crippen molar-refractivity contribution in [3.8, 4) is 0 Å². The highest BCUT2D eigenvalue weighted by Gasteiger charge is 2.73. The van der Waals surface area contributed by atoms with E-state index in [1.807, 2.05) is 66.7 Å². The maximum absolute atomic E-state index is 15.1. The van der Waals surface area contributed by atoms with Crippen LogP contribution in [0.3, 0.4) is 0 Å². The zero-order valence-corrected chi connectivity index (χ0v) is 25.6. The molecular weight excluding hydrogens is 600 g/mol. The van der Waals surface area contributed by atoms with Crippen LogP contribution in [0.15, 0.2) is 140 Å². The normalized spacial score (nSPS) is 19.8. The Hall–Kier alpha value is -4.91. The minimum absolute atomic E-state index is 0.00914. The van der Waals surface area contributed by atoms with Crippen LogP contribution < -0.4 is 10.2 Å². The zero-order valence-electron chi connectivity index (χ0n) is 24.0. The highest BCUT2D eigenvalue weighted by molar-refractivity contribution is 7.80. The lowest BCUT2D eigenvalue weighted by Crippen LogP contribution is -2.52. The second kappa shape index (κ2) is 11.2. The van der Waals surface area contributed by atoms with Gasteiger partial charge in [-0.15, -0.1) is 0 Å². The van der Waals surface area contributed by atoms with E-state index in [1.165, 1.54) is 0 Å². The van der Waals surface area contributed by atoms with Crippen LogP contribution >= 0.6 is 23.8 Å². The first kappa shape index (κ1) is 28.8. The van der Waals surface area contributed by atoms with Gasteiger partial charge in [0, 0.05) is 27.6 Å². The molecule has 1 spiro atoms. The first-order valence-electron chi connectivity index (χ1n) is 14.6. The van der Waals surface area contributed by atoms with Gasteiger partial charge in [0.25, 0.3) is 5.91 Å². The number of benzene rings is 5. The molecule has 2 aliphatic heterocycles. The van der Waals surface area contributed by atoms with Crippen molar-refractivity contribution in [2.24, 2.45) is 5.41 Å². The number of Topliss-reactive ketones (excluding diaryl/α,β-unsaturated/α-hetero) is 2. The van der Waals surface area contributed by atoms with E-state index in [0.717, 1.165) is 5.56 Å². The average Bonchev–Trinajstić information content (AvgIpc) is 3.49. The van der Waals surface area contributed by atoms with Gasteiger partial charge in [0.2, 0.25) is 0 Å². The number of amides is 1. The molecule has 2 aliphatic rings. The fourth-order valence-electron chi connectivity index (χ4n) is 6.97. The van der Waals surface area contributed by atoms with Crippen LogP contribution in [0.2, 0.25) is 5.02 Å². The van der Waals surface area contributed by atoms with Gasteiger partial charge in [0.15, 0.2) is 22.5 Å². The second-order valence-electron chi connectivity index (χ2n) is 11.3. The van der Waals surface area contributed by atoms with Crippen molar-refractivity contribution in [1.82, 2.24) is 5.32 Å². The summed E-state index contributed by atoms with van der Waals surface area (Å²) in [7, 11) is 0. The van der Waals surface area contributed by atoms with Gasteiger partial charge in [0.1, 0.15) is 0 Å². The molecule has 5 nitrogen and oxygen atoms in total. The van der Waals surface area contributed by atoms with Crippen molar-refractivity contribution in [2.75, 3.05) is 4.90 Å². The molecule has 5 aromatic carbocycles. The van der Waals surface area contributed by atoms with Gasteiger partial charge in [-0.1, -0.05) is 145 Å². The molecule has 2 atom stereocenters. The molecule has 0 radical (unpaired) electrons. The van der Waals surface area contributed by atoms with Crippen molar-refractivity contribution in [3.63, 3.8) is 0 Å². The summed E-state index contributed by atoms with van der Waals surface area (Å²) < 4.78 is 0. The lowest BCUT2D eigenvalue weighted by Gasteiger charge is -2.37. The van der Waals surface area contributed by atoms with E-state index in [9.17, 15) is 0 Å². The van der Waals surface area contributed by atoms with E-state index in [4.69, 9.17) is 23.8 Å². The minimum atomic E-state index is -1.96. The van der Waals surface area contributed by atoms with Crippen LogP contribution in [0.25, 0.3) is 0 Å². The fraction of sp³-hybridized carbons (Fsp3) is 0.105. The summed E-state index contributed by atoms with van der Waals surface area (Å²) in [5.41, 5.74) is -0.0164. The molecule has 0 aromatic heterocycles. The monoisotopic (exact) mass is 626 g/mol. The van der Waals surface area contributed by atoms with E-state index < -0.39 is 28.4 Å². The van der Waals surface area contributed by atoms with Crippen LogP contribution in [0.5, 0.6) is 0 Å². The standard InChI is InChI=1S/C38H27ClN2O3S/c39-29-22-20-26(21-23-29)32-37(33(42)27-14-6-2-7-15-27,34(43)28-16-8-3-9-17-28)35(45)40-38(32)30-18-10-11-19-31(30)41(36(38)44)24-25-12-4-1-5-13-25/h1-23,32H,24H2,(H,40,45). The highest BCUT2D eigenvalue weighted by Crippen LogP contribution is 2.61. The zero-order chi connectivity index (χ0) is 31.2. The Kier molecular flexibility index (Phi) is 7.19. The number of carbonyl (C=O) groups excluding carboxylic acids is 3. The molecule has 7 rings (SSSR count). The summed E-state index contributed by atoms with van der Waals surface area (Å²) in [6, 6.07) is 41.6. The van der Waals surface area contributed by atoms with Gasteiger partial charge in [-0.2, -0.15) is 0 Å². The summed E-state index contributed by atoms with van der Waals surface area (Å²) in [5.74, 6) is -2.29. The third-order valence-corrected chi connectivity index (χ3v) is 9.59. The molecular formula is C38H27ClN2O3S. The number of rotatable bonds is 7. The van der Waals surface area contributed by atoms with Crippen molar-refractivity contribution >= 4 is 52.0 Å².